The van der Waals surface area contributed by atoms with Gasteiger partial charge in [-0.15, -0.1) is 0 Å². The molecule has 3 aromatic rings. The van der Waals surface area contributed by atoms with Crippen LogP contribution in [0.5, 0.6) is 0 Å². The molecule has 5 heteroatoms. The largest absolute Gasteiger partial charge is 0.322 e. The lowest BCUT2D eigenvalue weighted by Crippen LogP contribution is -2.15. The molecule has 1 heterocycles. The smallest absolute Gasteiger partial charge is 0.258 e. The second-order valence-corrected chi connectivity index (χ2v) is 6.83. The van der Waals surface area contributed by atoms with Crippen LogP contribution in [-0.2, 0) is 0 Å². The van der Waals surface area contributed by atoms with Gasteiger partial charge in [0.25, 0.3) is 5.91 Å². The number of benzene rings is 2. The van der Waals surface area contributed by atoms with Gasteiger partial charge in [0.15, 0.2) is 0 Å². The van der Waals surface area contributed by atoms with Crippen molar-refractivity contribution in [2.45, 2.75) is 25.7 Å². The molecule has 1 aliphatic rings. The minimum atomic E-state index is -0.593. The van der Waals surface area contributed by atoms with E-state index in [1.807, 2.05) is 0 Å². The quantitative estimate of drug-likeness (QED) is 0.667. The number of hydrogen-bond donors (Lipinski definition) is 1. The van der Waals surface area contributed by atoms with Crippen LogP contribution in [0.15, 0.2) is 54.9 Å². The van der Waals surface area contributed by atoms with Crippen molar-refractivity contribution in [3.63, 3.8) is 0 Å². The maximum absolute atomic E-state index is 14.4. The lowest BCUT2D eigenvalue weighted by atomic mass is 9.99. The van der Waals surface area contributed by atoms with E-state index in [2.05, 4.69) is 10.3 Å². The van der Waals surface area contributed by atoms with E-state index < -0.39 is 17.5 Å². The van der Waals surface area contributed by atoms with E-state index >= 15 is 0 Å². The van der Waals surface area contributed by atoms with Crippen LogP contribution >= 0.6 is 0 Å². The molecule has 1 N–H and O–H groups in total. The lowest BCUT2D eigenvalue weighted by molar-refractivity contribution is 0.102. The molecular formula is C22H18F2N2O. The predicted molar refractivity (Wildman–Crippen MR) is 101 cm³/mol. The molecule has 0 saturated heterocycles. The number of amides is 1. The SMILES string of the molecule is Cc1c(NC(=O)c2ccc(C3CC3)cc2F)cc(F)cc1-c1ccncc1. The molecule has 0 bridgehead atoms. The summed E-state index contributed by atoms with van der Waals surface area (Å²) in [5.41, 5.74) is 3.33. The van der Waals surface area contributed by atoms with Crippen LogP contribution in [0.3, 0.4) is 0 Å². The average molecular weight is 364 g/mol. The number of carbonyl (C=O) groups excluding carboxylic acids is 1. The molecule has 0 atom stereocenters. The minimum absolute atomic E-state index is 0.0477. The van der Waals surface area contributed by atoms with Crippen molar-refractivity contribution >= 4 is 11.6 Å². The number of hydrogen-bond acceptors (Lipinski definition) is 2. The summed E-state index contributed by atoms with van der Waals surface area (Å²) in [4.78, 5) is 16.5. The summed E-state index contributed by atoms with van der Waals surface area (Å²) in [5, 5.41) is 2.65. The van der Waals surface area contributed by atoms with Crippen LogP contribution < -0.4 is 5.32 Å². The number of nitrogens with one attached hydrogen (secondary N) is 1. The fourth-order valence-electron chi connectivity index (χ4n) is 3.22. The summed E-state index contributed by atoms with van der Waals surface area (Å²) in [6, 6.07) is 10.9. The highest BCUT2D eigenvalue weighted by atomic mass is 19.1. The van der Waals surface area contributed by atoms with Crippen LogP contribution in [0, 0.1) is 18.6 Å². The van der Waals surface area contributed by atoms with Crippen molar-refractivity contribution in [3.8, 4) is 11.1 Å². The van der Waals surface area contributed by atoms with Crippen LogP contribution in [0.2, 0.25) is 0 Å². The van der Waals surface area contributed by atoms with Gasteiger partial charge in [0.2, 0.25) is 0 Å². The first-order valence-electron chi connectivity index (χ1n) is 8.84. The topological polar surface area (TPSA) is 42.0 Å². The molecule has 4 rings (SSSR count). The number of halogens is 2. The van der Waals surface area contributed by atoms with Gasteiger partial charge in [-0.2, -0.15) is 0 Å². The zero-order valence-electron chi connectivity index (χ0n) is 14.8. The summed E-state index contributed by atoms with van der Waals surface area (Å²) >= 11 is 0. The Morgan fingerprint density at radius 3 is 2.48 bits per heavy atom. The third kappa shape index (κ3) is 3.58. The van der Waals surface area contributed by atoms with Gasteiger partial charge in [-0.1, -0.05) is 6.07 Å². The van der Waals surface area contributed by atoms with Gasteiger partial charge in [0.05, 0.1) is 5.56 Å². The van der Waals surface area contributed by atoms with E-state index in [1.165, 1.54) is 24.3 Å². The number of carbonyl (C=O) groups is 1. The van der Waals surface area contributed by atoms with E-state index in [-0.39, 0.29) is 5.56 Å². The number of aromatic nitrogens is 1. The Morgan fingerprint density at radius 1 is 1.07 bits per heavy atom. The van der Waals surface area contributed by atoms with Gasteiger partial charge in [-0.05, 0) is 84.3 Å². The Morgan fingerprint density at radius 2 is 1.81 bits per heavy atom. The molecule has 0 aliphatic heterocycles. The van der Waals surface area contributed by atoms with E-state index in [0.717, 1.165) is 24.0 Å². The Kier molecular flexibility index (Phi) is 4.44. The number of rotatable bonds is 4. The molecular weight excluding hydrogens is 346 g/mol. The van der Waals surface area contributed by atoms with Crippen LogP contribution in [-0.4, -0.2) is 10.9 Å². The summed E-state index contributed by atoms with van der Waals surface area (Å²) in [7, 11) is 0. The standard InChI is InChI=1S/C22H18F2N2O/c1-13-19(15-6-8-25-9-7-15)11-17(23)12-21(13)26-22(27)18-5-4-16(10-20(18)24)14-2-3-14/h4-12,14H,2-3H2,1H3,(H,26,27). The molecule has 1 amide bonds. The van der Waals surface area contributed by atoms with Gasteiger partial charge in [-0.25, -0.2) is 8.78 Å². The molecule has 1 aliphatic carbocycles. The normalized spacial score (nSPS) is 13.4. The van der Waals surface area contributed by atoms with Crippen LogP contribution in [0.4, 0.5) is 14.5 Å². The first kappa shape index (κ1) is 17.3. The van der Waals surface area contributed by atoms with E-state index in [4.69, 9.17) is 0 Å². The van der Waals surface area contributed by atoms with Crippen molar-refractivity contribution in [3.05, 3.63) is 83.2 Å². The molecule has 1 saturated carbocycles. The third-order valence-corrected chi connectivity index (χ3v) is 4.90. The van der Waals surface area contributed by atoms with Crippen molar-refractivity contribution < 1.29 is 13.6 Å². The fourth-order valence-corrected chi connectivity index (χ4v) is 3.22. The zero-order valence-corrected chi connectivity index (χ0v) is 14.8. The van der Waals surface area contributed by atoms with Gasteiger partial charge < -0.3 is 5.32 Å². The van der Waals surface area contributed by atoms with Gasteiger partial charge >= 0.3 is 0 Å². The van der Waals surface area contributed by atoms with Crippen LogP contribution in [0.25, 0.3) is 11.1 Å². The molecule has 3 nitrogen and oxygen atoms in total. The molecule has 0 spiro atoms. The second-order valence-electron chi connectivity index (χ2n) is 6.83. The van der Waals surface area contributed by atoms with E-state index in [1.54, 1.807) is 37.5 Å². The Hall–Kier alpha value is -3.08. The predicted octanol–water partition coefficient (Wildman–Crippen LogP) is 5.46. The van der Waals surface area contributed by atoms with Crippen molar-refractivity contribution in [2.24, 2.45) is 0 Å². The summed E-state index contributed by atoms with van der Waals surface area (Å²) in [5.74, 6) is -1.22. The maximum atomic E-state index is 14.4. The van der Waals surface area contributed by atoms with E-state index in [0.29, 0.717) is 22.7 Å². The molecule has 1 fully saturated rings. The highest BCUT2D eigenvalue weighted by molar-refractivity contribution is 6.05. The van der Waals surface area contributed by atoms with Crippen LogP contribution in [0.1, 0.15) is 40.2 Å². The average Bonchev–Trinajstić information content (AvgIpc) is 3.50. The monoisotopic (exact) mass is 364 g/mol. The highest BCUT2D eigenvalue weighted by Gasteiger charge is 2.25. The Bertz CT molecular complexity index is 1010. The maximum Gasteiger partial charge on any atom is 0.258 e. The summed E-state index contributed by atoms with van der Waals surface area (Å²) < 4.78 is 28.5. The first-order valence-corrected chi connectivity index (χ1v) is 8.84. The second kappa shape index (κ2) is 6.91. The third-order valence-electron chi connectivity index (χ3n) is 4.90. The highest BCUT2D eigenvalue weighted by Crippen LogP contribution is 2.40. The molecule has 136 valence electrons. The van der Waals surface area contributed by atoms with Gasteiger partial charge in [0, 0.05) is 18.1 Å². The molecule has 2 aromatic carbocycles. The first-order chi connectivity index (χ1) is 13.0. The molecule has 0 unspecified atom stereocenters. The number of pyridine rings is 1. The molecule has 0 radical (unpaired) electrons. The molecule has 1 aromatic heterocycles. The van der Waals surface area contributed by atoms with Crippen molar-refractivity contribution in [1.29, 1.82) is 0 Å². The lowest BCUT2D eigenvalue weighted by Gasteiger charge is -2.14. The molecule has 27 heavy (non-hydrogen) atoms. The minimum Gasteiger partial charge on any atom is -0.322 e. The fraction of sp³-hybridized carbons (Fsp3) is 0.182. The van der Waals surface area contributed by atoms with Gasteiger partial charge in [0.1, 0.15) is 11.6 Å². The van der Waals surface area contributed by atoms with E-state index in [9.17, 15) is 13.6 Å². The number of nitrogens with zero attached hydrogens (tertiary/aromatic N) is 1. The number of anilines is 1. The Labute approximate surface area is 156 Å². The van der Waals surface area contributed by atoms with Gasteiger partial charge in [-0.3, -0.25) is 9.78 Å². The summed E-state index contributed by atoms with van der Waals surface area (Å²) in [6.07, 6.45) is 5.36. The van der Waals surface area contributed by atoms with Crippen molar-refractivity contribution in [2.75, 3.05) is 5.32 Å². The van der Waals surface area contributed by atoms with Crippen molar-refractivity contribution in [1.82, 2.24) is 4.98 Å². The Balaban J connectivity index is 1.64. The zero-order chi connectivity index (χ0) is 19.0. The summed E-state index contributed by atoms with van der Waals surface area (Å²) in [6.45, 7) is 1.79.